The zero-order valence-corrected chi connectivity index (χ0v) is 38.6. The van der Waals surface area contributed by atoms with Crippen molar-refractivity contribution in [1.82, 2.24) is 34.9 Å². The third-order valence-corrected chi connectivity index (χ3v) is 13.2. The van der Waals surface area contributed by atoms with Crippen LogP contribution >= 0.6 is 0 Å². The van der Waals surface area contributed by atoms with Crippen LogP contribution in [0.15, 0.2) is 60.9 Å². The number of imide groups is 1. The van der Waals surface area contributed by atoms with Gasteiger partial charge in [0.1, 0.15) is 11.9 Å². The molecule has 2 atom stereocenters. The zero-order chi connectivity index (χ0) is 47.7. The molecular formula is C48H61N11O9. The molecule has 7 amide bonds. The lowest BCUT2D eigenvalue weighted by Crippen LogP contribution is -2.51. The summed E-state index contributed by atoms with van der Waals surface area (Å²) in [5.41, 5.74) is 9.25. The first-order valence-electron chi connectivity index (χ1n) is 23.5. The normalized spacial score (nSPS) is 20.0. The van der Waals surface area contributed by atoms with E-state index in [0.717, 1.165) is 42.8 Å². The van der Waals surface area contributed by atoms with Gasteiger partial charge < -0.3 is 55.5 Å². The largest absolute Gasteiger partial charge is 0.382 e. The van der Waals surface area contributed by atoms with E-state index in [4.69, 9.17) is 24.9 Å². The fraction of sp³-hybridized carbons (Fsp3) is 0.500. The molecule has 0 saturated carbocycles. The van der Waals surface area contributed by atoms with Gasteiger partial charge in [0, 0.05) is 69.9 Å². The van der Waals surface area contributed by atoms with Crippen molar-refractivity contribution in [2.75, 3.05) is 108 Å². The lowest BCUT2D eigenvalue weighted by atomic mass is 9.89. The molecule has 5 aliphatic rings. The SMILES string of the molecule is C=C1CCC(N2C(=O)c3cccc(NCCOCCOCCOCCC(=O)N4CCC(c5ccc(Nc6nc(N7CCC[C@@H](N8CCN(C)C8=O)C7)cnc6C(N)=O)cc5)CC4)c3C2=O)C(=O)N1. The van der Waals surface area contributed by atoms with Crippen molar-refractivity contribution in [1.29, 1.82) is 0 Å². The maximum absolute atomic E-state index is 13.3. The maximum Gasteiger partial charge on any atom is 0.320 e. The number of nitrogens with two attached hydrogens (primary N) is 1. The number of hydrogen-bond donors (Lipinski definition) is 4. The number of allylic oxidation sites excluding steroid dienone is 1. The number of fused-ring (bicyclic) bond motifs is 1. The summed E-state index contributed by atoms with van der Waals surface area (Å²) in [6, 6.07) is 12.3. The van der Waals surface area contributed by atoms with Gasteiger partial charge in [-0.15, -0.1) is 0 Å². The highest BCUT2D eigenvalue weighted by atomic mass is 16.5. The van der Waals surface area contributed by atoms with Crippen LogP contribution in [0.25, 0.3) is 0 Å². The number of carbonyl (C=O) groups excluding carboxylic acids is 6. The molecule has 0 radical (unpaired) electrons. The molecule has 362 valence electrons. The van der Waals surface area contributed by atoms with Gasteiger partial charge in [0.15, 0.2) is 11.5 Å². The van der Waals surface area contributed by atoms with Crippen molar-refractivity contribution < 1.29 is 43.0 Å². The molecule has 0 aliphatic carbocycles. The Morgan fingerprint density at radius 3 is 2.31 bits per heavy atom. The molecule has 2 aromatic carbocycles. The van der Waals surface area contributed by atoms with Crippen LogP contribution in [0.1, 0.15) is 87.6 Å². The molecule has 1 aromatic heterocycles. The van der Waals surface area contributed by atoms with Crippen LogP contribution in [0.3, 0.4) is 0 Å². The molecule has 20 heteroatoms. The van der Waals surface area contributed by atoms with Crippen molar-refractivity contribution >= 4 is 58.6 Å². The minimum atomic E-state index is -0.871. The Labute approximate surface area is 395 Å². The number of nitrogens with one attached hydrogen (secondary N) is 3. The number of aromatic nitrogens is 2. The van der Waals surface area contributed by atoms with Crippen LogP contribution < -0.4 is 26.6 Å². The second kappa shape index (κ2) is 22.0. The number of amides is 7. The predicted molar refractivity (Wildman–Crippen MR) is 252 cm³/mol. The van der Waals surface area contributed by atoms with Crippen LogP contribution in [0.5, 0.6) is 0 Å². The number of nitrogens with zero attached hydrogens (tertiary/aromatic N) is 7. The summed E-state index contributed by atoms with van der Waals surface area (Å²) in [4.78, 5) is 94.8. The van der Waals surface area contributed by atoms with Crippen molar-refractivity contribution in [3.63, 3.8) is 0 Å². The molecule has 0 spiro atoms. The number of urea groups is 1. The predicted octanol–water partition coefficient (Wildman–Crippen LogP) is 3.30. The molecule has 20 nitrogen and oxygen atoms in total. The standard InChI is InChI=1S/C48H61N11O9/c1-31-8-13-38(45(62)52-31)59-46(63)36-6-3-7-37(41(36)47(59)64)50-17-24-67-26-28-68-27-25-66-23-16-40(60)56-19-14-33(15-20-56)32-9-11-34(12-10-32)53-44-42(43(49)61)51-29-39(54-44)57-18-4-5-35(30-57)58-22-21-55(2)48(58)65/h3,6-7,9-12,29,33,35,38,50H,1,4-5,8,13-28,30H2,2H3,(H2,49,61)(H,52,62)(H,53,54)/t35-,38?/m1/s1. The van der Waals surface area contributed by atoms with Crippen molar-refractivity contribution in [2.24, 2.45) is 5.73 Å². The molecule has 3 aromatic rings. The van der Waals surface area contributed by atoms with Crippen LogP contribution in [0.4, 0.5) is 27.8 Å². The Hall–Kier alpha value is -6.64. The summed E-state index contributed by atoms with van der Waals surface area (Å²) in [5.74, 6) is -0.805. The number of hydrogen-bond acceptors (Lipinski definition) is 14. The molecule has 1 unspecified atom stereocenters. The number of primary amides is 1. The topological polar surface area (TPSA) is 234 Å². The molecule has 5 aliphatic heterocycles. The van der Waals surface area contributed by atoms with Crippen molar-refractivity contribution in [3.8, 4) is 0 Å². The van der Waals surface area contributed by atoms with Gasteiger partial charge in [0.25, 0.3) is 17.7 Å². The van der Waals surface area contributed by atoms with E-state index in [0.29, 0.717) is 121 Å². The molecule has 4 fully saturated rings. The molecule has 4 saturated heterocycles. The van der Waals surface area contributed by atoms with Crippen LogP contribution in [-0.4, -0.2) is 170 Å². The first kappa shape index (κ1) is 47.8. The first-order valence-corrected chi connectivity index (χ1v) is 23.5. The number of ether oxygens (including phenoxy) is 3. The Morgan fingerprint density at radius 2 is 1.60 bits per heavy atom. The summed E-state index contributed by atoms with van der Waals surface area (Å²) in [7, 11) is 1.82. The van der Waals surface area contributed by atoms with Gasteiger partial charge in [-0.05, 0) is 74.3 Å². The minimum absolute atomic E-state index is 0.0481. The summed E-state index contributed by atoms with van der Waals surface area (Å²) in [5, 5.41) is 9.08. The molecule has 6 heterocycles. The summed E-state index contributed by atoms with van der Waals surface area (Å²) in [6.45, 7) is 10.4. The van der Waals surface area contributed by atoms with E-state index in [9.17, 15) is 28.8 Å². The van der Waals surface area contributed by atoms with Crippen molar-refractivity contribution in [2.45, 2.75) is 62.9 Å². The zero-order valence-electron chi connectivity index (χ0n) is 38.6. The monoisotopic (exact) mass is 935 g/mol. The summed E-state index contributed by atoms with van der Waals surface area (Å²) >= 11 is 0. The highest BCUT2D eigenvalue weighted by molar-refractivity contribution is 6.25. The van der Waals surface area contributed by atoms with E-state index >= 15 is 0 Å². The maximum atomic E-state index is 13.3. The van der Waals surface area contributed by atoms with Crippen molar-refractivity contribution in [3.05, 3.63) is 83.3 Å². The van der Waals surface area contributed by atoms with Gasteiger partial charge in [0.2, 0.25) is 11.8 Å². The minimum Gasteiger partial charge on any atom is -0.382 e. The highest BCUT2D eigenvalue weighted by Crippen LogP contribution is 2.34. The Balaban J connectivity index is 0.685. The van der Waals surface area contributed by atoms with E-state index in [1.807, 2.05) is 29.0 Å². The van der Waals surface area contributed by atoms with Gasteiger partial charge >= 0.3 is 6.03 Å². The molecule has 68 heavy (non-hydrogen) atoms. The second-order valence-corrected chi connectivity index (χ2v) is 17.7. The third-order valence-electron chi connectivity index (χ3n) is 13.2. The quantitative estimate of drug-likeness (QED) is 0.0941. The lowest BCUT2D eigenvalue weighted by molar-refractivity contribution is -0.133. The number of likely N-dealkylation sites (N-methyl/N-ethyl adjacent to an activating group) is 1. The first-order chi connectivity index (χ1) is 33.0. The van der Waals surface area contributed by atoms with Crippen LogP contribution in [0.2, 0.25) is 0 Å². The number of benzene rings is 2. The molecule has 8 rings (SSSR count). The van der Waals surface area contributed by atoms with Gasteiger partial charge in [0.05, 0.1) is 69.4 Å². The highest BCUT2D eigenvalue weighted by Gasteiger charge is 2.45. The molecular weight excluding hydrogens is 875 g/mol. The van der Waals surface area contributed by atoms with E-state index in [2.05, 4.69) is 44.5 Å². The molecule has 5 N–H and O–H groups in total. The number of likely N-dealkylation sites (tertiary alicyclic amines) is 1. The van der Waals surface area contributed by atoms with E-state index in [1.54, 1.807) is 29.3 Å². The van der Waals surface area contributed by atoms with E-state index in [1.165, 1.54) is 5.56 Å². The molecule has 0 bridgehead atoms. The third kappa shape index (κ3) is 11.0. The fourth-order valence-electron chi connectivity index (χ4n) is 9.52. The average molecular weight is 936 g/mol. The number of carbonyl (C=O) groups is 6. The smallest absolute Gasteiger partial charge is 0.320 e. The van der Waals surface area contributed by atoms with E-state index in [-0.39, 0.29) is 40.6 Å². The van der Waals surface area contributed by atoms with Crippen LogP contribution in [0, 0.1) is 0 Å². The number of piperidine rings is 3. The summed E-state index contributed by atoms with van der Waals surface area (Å²) < 4.78 is 17.0. The number of rotatable bonds is 20. The Kier molecular flexibility index (Phi) is 15.5. The van der Waals surface area contributed by atoms with Gasteiger partial charge in [-0.1, -0.05) is 24.8 Å². The van der Waals surface area contributed by atoms with Gasteiger partial charge in [-0.3, -0.25) is 28.9 Å². The number of anilines is 4. The van der Waals surface area contributed by atoms with Gasteiger partial charge in [-0.25, -0.2) is 14.8 Å². The Bertz CT molecular complexity index is 2370. The van der Waals surface area contributed by atoms with Crippen LogP contribution in [-0.2, 0) is 23.8 Å². The summed E-state index contributed by atoms with van der Waals surface area (Å²) in [6.07, 6.45) is 6.21. The van der Waals surface area contributed by atoms with Gasteiger partial charge in [-0.2, -0.15) is 0 Å². The second-order valence-electron chi connectivity index (χ2n) is 17.7. The Morgan fingerprint density at radius 1 is 0.868 bits per heavy atom. The lowest BCUT2D eigenvalue weighted by Gasteiger charge is -2.37. The average Bonchev–Trinajstić information content (AvgIpc) is 3.81. The van der Waals surface area contributed by atoms with E-state index < -0.39 is 29.7 Å². The fourth-order valence-corrected chi connectivity index (χ4v) is 9.52.